The summed E-state index contributed by atoms with van der Waals surface area (Å²) < 4.78 is 5.01. The van der Waals surface area contributed by atoms with Crippen LogP contribution >= 0.6 is 0 Å². The zero-order chi connectivity index (χ0) is 15.8. The molecule has 1 unspecified atom stereocenters. The van der Waals surface area contributed by atoms with E-state index >= 15 is 0 Å². The Balaban J connectivity index is 4.33. The van der Waals surface area contributed by atoms with E-state index in [2.05, 4.69) is 19.2 Å². The number of rotatable bonds is 8. The molecule has 4 heteroatoms. The van der Waals surface area contributed by atoms with Gasteiger partial charge in [-0.1, -0.05) is 47.5 Å². The molecule has 0 rings (SSSR count). The minimum atomic E-state index is -0.743. The van der Waals surface area contributed by atoms with Gasteiger partial charge < -0.3 is 10.1 Å². The molecule has 118 valence electrons. The van der Waals surface area contributed by atoms with Crippen molar-refractivity contribution in [1.29, 1.82) is 0 Å². The molecule has 0 heterocycles. The van der Waals surface area contributed by atoms with Gasteiger partial charge in [0.05, 0.1) is 6.61 Å². The number of ether oxygens (including phenoxy) is 1. The summed E-state index contributed by atoms with van der Waals surface area (Å²) in [6.07, 6.45) is 3.21. The van der Waals surface area contributed by atoms with Crippen LogP contribution in [0.1, 0.15) is 60.8 Å². The summed E-state index contributed by atoms with van der Waals surface area (Å²) in [5, 5.41) is 2.86. The van der Waals surface area contributed by atoms with E-state index in [1.807, 2.05) is 20.8 Å². The van der Waals surface area contributed by atoms with E-state index in [1.165, 1.54) is 0 Å². The van der Waals surface area contributed by atoms with Gasteiger partial charge in [-0.15, -0.1) is 0 Å². The predicted molar refractivity (Wildman–Crippen MR) is 81.3 cm³/mol. The molecule has 1 N–H and O–H groups in total. The van der Waals surface area contributed by atoms with Crippen molar-refractivity contribution in [2.24, 2.45) is 17.3 Å². The van der Waals surface area contributed by atoms with Gasteiger partial charge in [-0.05, 0) is 24.7 Å². The van der Waals surface area contributed by atoms with Crippen molar-refractivity contribution in [1.82, 2.24) is 5.32 Å². The van der Waals surface area contributed by atoms with Gasteiger partial charge in [0.2, 0.25) is 5.91 Å². The lowest BCUT2D eigenvalue weighted by Crippen LogP contribution is -2.43. The lowest BCUT2D eigenvalue weighted by atomic mass is 9.80. The van der Waals surface area contributed by atoms with Crippen molar-refractivity contribution in [3.8, 4) is 0 Å². The SMILES string of the molecule is CCOC(=O)C(C(=O)NCCCCC(C)C)C(C)(C)C. The van der Waals surface area contributed by atoms with E-state index in [4.69, 9.17) is 4.74 Å². The monoisotopic (exact) mass is 285 g/mol. The average Bonchev–Trinajstić information content (AvgIpc) is 2.26. The molecule has 0 aromatic rings. The Kier molecular flexibility index (Phi) is 8.51. The van der Waals surface area contributed by atoms with Crippen molar-refractivity contribution in [2.45, 2.75) is 60.8 Å². The quantitative estimate of drug-likeness (QED) is 0.423. The summed E-state index contributed by atoms with van der Waals surface area (Å²) in [6, 6.07) is 0. The molecule has 1 amide bonds. The molecule has 0 aromatic carbocycles. The first kappa shape index (κ1) is 18.9. The number of hydrogen-bond donors (Lipinski definition) is 1. The number of amides is 1. The number of carbonyl (C=O) groups is 2. The number of hydrogen-bond acceptors (Lipinski definition) is 3. The molecule has 0 radical (unpaired) electrons. The highest BCUT2D eigenvalue weighted by Crippen LogP contribution is 2.27. The van der Waals surface area contributed by atoms with Crippen LogP contribution in [-0.4, -0.2) is 25.0 Å². The Morgan fingerprint density at radius 1 is 1.15 bits per heavy atom. The highest BCUT2D eigenvalue weighted by atomic mass is 16.5. The Bertz CT molecular complexity index is 305. The Hall–Kier alpha value is -1.06. The third kappa shape index (κ3) is 7.51. The van der Waals surface area contributed by atoms with Crippen LogP contribution < -0.4 is 5.32 Å². The van der Waals surface area contributed by atoms with Gasteiger partial charge in [0.1, 0.15) is 5.92 Å². The molecule has 0 saturated carbocycles. The van der Waals surface area contributed by atoms with Crippen molar-refractivity contribution in [3.63, 3.8) is 0 Å². The molecule has 0 spiro atoms. The Morgan fingerprint density at radius 2 is 1.75 bits per heavy atom. The largest absolute Gasteiger partial charge is 0.465 e. The molecule has 4 nitrogen and oxygen atoms in total. The van der Waals surface area contributed by atoms with Gasteiger partial charge >= 0.3 is 5.97 Å². The van der Waals surface area contributed by atoms with Crippen molar-refractivity contribution < 1.29 is 14.3 Å². The normalized spacial score (nSPS) is 13.2. The Labute approximate surface area is 123 Å². The van der Waals surface area contributed by atoms with Gasteiger partial charge in [-0.3, -0.25) is 9.59 Å². The van der Waals surface area contributed by atoms with Crippen LogP contribution in [0.25, 0.3) is 0 Å². The van der Waals surface area contributed by atoms with E-state index in [0.717, 1.165) is 19.3 Å². The summed E-state index contributed by atoms with van der Waals surface area (Å²) in [6.45, 7) is 12.7. The molecular weight excluding hydrogens is 254 g/mol. The second-order valence-corrected chi connectivity index (χ2v) is 6.73. The summed E-state index contributed by atoms with van der Waals surface area (Å²) in [7, 11) is 0. The fourth-order valence-corrected chi connectivity index (χ4v) is 2.07. The highest BCUT2D eigenvalue weighted by Gasteiger charge is 2.38. The van der Waals surface area contributed by atoms with Crippen molar-refractivity contribution >= 4 is 11.9 Å². The topological polar surface area (TPSA) is 55.4 Å². The number of unbranched alkanes of at least 4 members (excludes halogenated alkanes) is 1. The highest BCUT2D eigenvalue weighted by molar-refractivity contribution is 5.98. The van der Waals surface area contributed by atoms with Crippen LogP contribution in [0.2, 0.25) is 0 Å². The molecule has 0 aliphatic heterocycles. The minimum Gasteiger partial charge on any atom is -0.465 e. The predicted octanol–water partition coefficient (Wildman–Crippen LogP) is 3.15. The third-order valence-corrected chi connectivity index (χ3v) is 3.16. The smallest absolute Gasteiger partial charge is 0.319 e. The van der Waals surface area contributed by atoms with Gasteiger partial charge in [0.25, 0.3) is 0 Å². The van der Waals surface area contributed by atoms with Crippen LogP contribution in [0, 0.1) is 17.3 Å². The molecule has 0 aliphatic carbocycles. The van der Waals surface area contributed by atoms with E-state index < -0.39 is 17.3 Å². The van der Waals surface area contributed by atoms with E-state index in [-0.39, 0.29) is 5.91 Å². The summed E-state index contributed by atoms with van der Waals surface area (Å²) in [5.41, 5.74) is -0.436. The fourth-order valence-electron chi connectivity index (χ4n) is 2.07. The Morgan fingerprint density at radius 3 is 2.20 bits per heavy atom. The lowest BCUT2D eigenvalue weighted by Gasteiger charge is -2.27. The van der Waals surface area contributed by atoms with Gasteiger partial charge in [-0.2, -0.15) is 0 Å². The van der Waals surface area contributed by atoms with Gasteiger partial charge in [0.15, 0.2) is 0 Å². The first-order chi connectivity index (χ1) is 9.20. The molecular formula is C16H31NO3. The third-order valence-electron chi connectivity index (χ3n) is 3.16. The molecule has 0 aliphatic rings. The van der Waals surface area contributed by atoms with Crippen LogP contribution in [0.3, 0.4) is 0 Å². The summed E-state index contributed by atoms with van der Waals surface area (Å²) >= 11 is 0. The van der Waals surface area contributed by atoms with Gasteiger partial charge in [-0.25, -0.2) is 0 Å². The number of nitrogens with one attached hydrogen (secondary N) is 1. The van der Waals surface area contributed by atoms with Crippen molar-refractivity contribution in [2.75, 3.05) is 13.2 Å². The minimum absolute atomic E-state index is 0.222. The zero-order valence-corrected chi connectivity index (χ0v) is 13.9. The molecule has 0 saturated heterocycles. The maximum absolute atomic E-state index is 12.2. The van der Waals surface area contributed by atoms with E-state index in [0.29, 0.717) is 19.1 Å². The molecule has 1 atom stereocenters. The molecule has 20 heavy (non-hydrogen) atoms. The van der Waals surface area contributed by atoms with Crippen LogP contribution in [-0.2, 0) is 14.3 Å². The lowest BCUT2D eigenvalue weighted by molar-refractivity contribution is -0.156. The van der Waals surface area contributed by atoms with Gasteiger partial charge in [0, 0.05) is 6.54 Å². The molecule has 0 bridgehead atoms. The summed E-state index contributed by atoms with van der Waals surface area (Å²) in [4.78, 5) is 24.1. The molecule has 0 fully saturated rings. The maximum Gasteiger partial charge on any atom is 0.319 e. The van der Waals surface area contributed by atoms with Crippen LogP contribution in [0.4, 0.5) is 0 Å². The second-order valence-electron chi connectivity index (χ2n) is 6.73. The first-order valence-electron chi connectivity index (χ1n) is 7.64. The van der Waals surface area contributed by atoms with Crippen LogP contribution in [0.15, 0.2) is 0 Å². The van der Waals surface area contributed by atoms with E-state index in [9.17, 15) is 9.59 Å². The number of carbonyl (C=O) groups excluding carboxylic acids is 2. The summed E-state index contributed by atoms with van der Waals surface area (Å²) in [5.74, 6) is -0.708. The number of esters is 1. The standard InChI is InChI=1S/C16H31NO3/c1-7-20-15(19)13(16(4,5)6)14(18)17-11-9-8-10-12(2)3/h12-13H,7-11H2,1-6H3,(H,17,18). The van der Waals surface area contributed by atoms with E-state index in [1.54, 1.807) is 6.92 Å². The zero-order valence-electron chi connectivity index (χ0n) is 13.9. The molecule has 0 aromatic heterocycles. The first-order valence-corrected chi connectivity index (χ1v) is 7.64. The second kappa shape index (κ2) is 8.98. The maximum atomic E-state index is 12.2. The fraction of sp³-hybridized carbons (Fsp3) is 0.875. The van der Waals surface area contributed by atoms with Crippen molar-refractivity contribution in [3.05, 3.63) is 0 Å². The average molecular weight is 285 g/mol. The van der Waals surface area contributed by atoms with Crippen LogP contribution in [0.5, 0.6) is 0 Å².